The molecule has 0 saturated heterocycles. The van der Waals surface area contributed by atoms with Crippen molar-refractivity contribution in [3.8, 4) is 11.4 Å². The maximum atomic E-state index is 4.70. The predicted octanol–water partition coefficient (Wildman–Crippen LogP) is 2.10. The lowest BCUT2D eigenvalue weighted by Gasteiger charge is -2.16. The lowest BCUT2D eigenvalue weighted by atomic mass is 10.1. The summed E-state index contributed by atoms with van der Waals surface area (Å²) in [6.07, 6.45) is 8.86. The third-order valence-electron chi connectivity index (χ3n) is 4.66. The summed E-state index contributed by atoms with van der Waals surface area (Å²) >= 11 is 0. The lowest BCUT2D eigenvalue weighted by Crippen LogP contribution is -2.32. The molecule has 1 unspecified atom stereocenters. The zero-order valence-corrected chi connectivity index (χ0v) is 14.3. The summed E-state index contributed by atoms with van der Waals surface area (Å²) in [6, 6.07) is 10.5. The van der Waals surface area contributed by atoms with E-state index in [2.05, 4.69) is 68.8 Å². The number of nitrogens with one attached hydrogen (secondary N) is 3. The highest BCUT2D eigenvalue weighted by Crippen LogP contribution is 2.23. The molecule has 0 amide bonds. The third kappa shape index (κ3) is 2.65. The Labute approximate surface area is 149 Å². The number of aryl methyl sites for hydroxylation is 1. The van der Waals surface area contributed by atoms with Gasteiger partial charge < -0.3 is 10.3 Å². The van der Waals surface area contributed by atoms with E-state index >= 15 is 0 Å². The summed E-state index contributed by atoms with van der Waals surface area (Å²) in [6.45, 7) is 2.06. The van der Waals surface area contributed by atoms with Crippen LogP contribution < -0.4 is 15.9 Å². The number of aromatic amines is 2. The van der Waals surface area contributed by atoms with Gasteiger partial charge >= 0.3 is 0 Å². The van der Waals surface area contributed by atoms with Gasteiger partial charge in [-0.15, -0.1) is 0 Å². The van der Waals surface area contributed by atoms with E-state index in [1.807, 2.05) is 12.3 Å². The van der Waals surface area contributed by atoms with Gasteiger partial charge in [-0.25, -0.2) is 9.97 Å². The average molecular weight is 342 g/mol. The zero-order valence-electron chi connectivity index (χ0n) is 14.3. The Kier molecular flexibility index (Phi) is 3.35. The van der Waals surface area contributed by atoms with E-state index in [9.17, 15) is 0 Å². The van der Waals surface area contributed by atoms with Crippen molar-refractivity contribution in [2.24, 2.45) is 0 Å². The van der Waals surface area contributed by atoms with Crippen LogP contribution in [0, 0.1) is 6.92 Å². The molecule has 1 atom stereocenters. The van der Waals surface area contributed by atoms with Crippen molar-refractivity contribution in [2.45, 2.75) is 19.4 Å². The Morgan fingerprint density at radius 2 is 2.15 bits per heavy atom. The number of hydrogen-bond donors (Lipinski definition) is 3. The predicted molar refractivity (Wildman–Crippen MR) is 103 cm³/mol. The van der Waals surface area contributed by atoms with E-state index in [1.165, 1.54) is 5.39 Å². The Hall–Kier alpha value is -3.41. The van der Waals surface area contributed by atoms with Crippen LogP contribution in [0.25, 0.3) is 34.4 Å². The van der Waals surface area contributed by atoms with E-state index in [0.717, 1.165) is 39.6 Å². The molecule has 0 fully saturated rings. The molecule has 3 aromatic heterocycles. The first-order chi connectivity index (χ1) is 12.7. The van der Waals surface area contributed by atoms with Crippen molar-refractivity contribution in [1.82, 2.24) is 25.1 Å². The van der Waals surface area contributed by atoms with E-state index < -0.39 is 0 Å². The van der Waals surface area contributed by atoms with E-state index in [1.54, 1.807) is 6.20 Å². The van der Waals surface area contributed by atoms with Crippen molar-refractivity contribution < 1.29 is 0 Å². The van der Waals surface area contributed by atoms with Crippen LogP contribution in [0.4, 0.5) is 5.82 Å². The van der Waals surface area contributed by atoms with Crippen LogP contribution in [0.3, 0.4) is 0 Å². The van der Waals surface area contributed by atoms with Gasteiger partial charge in [0.05, 0.1) is 17.6 Å². The number of fused-ring (bicyclic) bond motifs is 2. The summed E-state index contributed by atoms with van der Waals surface area (Å²) in [5, 5.41) is 14.0. The summed E-state index contributed by atoms with van der Waals surface area (Å²) < 4.78 is 0. The van der Waals surface area contributed by atoms with Crippen LogP contribution in [0.15, 0.2) is 42.7 Å². The fourth-order valence-electron chi connectivity index (χ4n) is 3.41. The van der Waals surface area contributed by atoms with E-state index in [-0.39, 0.29) is 6.04 Å². The zero-order chi connectivity index (χ0) is 17.5. The molecular formula is C20H18N6. The lowest BCUT2D eigenvalue weighted by molar-refractivity contribution is 0.927. The molecule has 1 aliphatic rings. The molecule has 5 rings (SSSR count). The summed E-state index contributed by atoms with van der Waals surface area (Å²) in [5.74, 6) is 1.53. The minimum absolute atomic E-state index is 0.191. The van der Waals surface area contributed by atoms with Crippen molar-refractivity contribution in [3.63, 3.8) is 0 Å². The van der Waals surface area contributed by atoms with Gasteiger partial charge in [-0.2, -0.15) is 5.10 Å². The van der Waals surface area contributed by atoms with Crippen LogP contribution in [-0.4, -0.2) is 31.2 Å². The minimum atomic E-state index is 0.191. The molecule has 128 valence electrons. The maximum Gasteiger partial charge on any atom is 0.161 e. The summed E-state index contributed by atoms with van der Waals surface area (Å²) in [4.78, 5) is 12.5. The largest absolute Gasteiger partial charge is 0.363 e. The smallest absolute Gasteiger partial charge is 0.161 e. The number of benzene rings is 1. The number of H-pyrrole nitrogens is 2. The van der Waals surface area contributed by atoms with Gasteiger partial charge in [0, 0.05) is 28.2 Å². The molecule has 1 aliphatic carbocycles. The SMILES string of the molecule is Cc1cc2ccc(-c3nccc(NC4C=c5cn[nH]c5=CC4)n3)cc2[nH]1. The first kappa shape index (κ1) is 14.9. The second-order valence-corrected chi connectivity index (χ2v) is 6.62. The third-order valence-corrected chi connectivity index (χ3v) is 4.66. The van der Waals surface area contributed by atoms with Gasteiger partial charge in [-0.3, -0.25) is 5.10 Å². The van der Waals surface area contributed by atoms with Crippen LogP contribution in [0.2, 0.25) is 0 Å². The van der Waals surface area contributed by atoms with Crippen LogP contribution in [0.1, 0.15) is 12.1 Å². The molecular weight excluding hydrogens is 324 g/mol. The van der Waals surface area contributed by atoms with Crippen LogP contribution in [-0.2, 0) is 0 Å². The molecule has 4 aromatic rings. The normalized spacial score (nSPS) is 16.0. The van der Waals surface area contributed by atoms with Crippen molar-refractivity contribution in [3.05, 3.63) is 59.0 Å². The Morgan fingerprint density at radius 1 is 1.19 bits per heavy atom. The molecule has 26 heavy (non-hydrogen) atoms. The fourth-order valence-corrected chi connectivity index (χ4v) is 3.41. The quantitative estimate of drug-likeness (QED) is 0.532. The number of nitrogens with zero attached hydrogens (tertiary/aromatic N) is 3. The van der Waals surface area contributed by atoms with Crippen molar-refractivity contribution in [2.75, 3.05) is 5.32 Å². The molecule has 0 spiro atoms. The second-order valence-electron chi connectivity index (χ2n) is 6.62. The van der Waals surface area contributed by atoms with Gasteiger partial charge in [-0.1, -0.05) is 24.3 Å². The fraction of sp³-hybridized carbons (Fsp3) is 0.150. The highest BCUT2D eigenvalue weighted by Gasteiger charge is 2.10. The first-order valence-electron chi connectivity index (χ1n) is 8.65. The monoisotopic (exact) mass is 342 g/mol. The molecule has 0 saturated carbocycles. The number of hydrogen-bond acceptors (Lipinski definition) is 4. The number of anilines is 1. The topological polar surface area (TPSA) is 82.3 Å². The van der Waals surface area contributed by atoms with Crippen LogP contribution >= 0.6 is 0 Å². The van der Waals surface area contributed by atoms with Gasteiger partial charge in [0.2, 0.25) is 0 Å². The van der Waals surface area contributed by atoms with E-state index in [4.69, 9.17) is 4.98 Å². The molecule has 0 radical (unpaired) electrons. The maximum absolute atomic E-state index is 4.70. The van der Waals surface area contributed by atoms with Gasteiger partial charge in [0.25, 0.3) is 0 Å². The van der Waals surface area contributed by atoms with Crippen molar-refractivity contribution in [1.29, 1.82) is 0 Å². The second kappa shape index (κ2) is 5.84. The van der Waals surface area contributed by atoms with Crippen molar-refractivity contribution >= 4 is 28.9 Å². The Morgan fingerprint density at radius 3 is 3.12 bits per heavy atom. The highest BCUT2D eigenvalue weighted by molar-refractivity contribution is 5.84. The molecule has 6 heteroatoms. The average Bonchev–Trinajstić information content (AvgIpc) is 3.26. The minimum Gasteiger partial charge on any atom is -0.363 e. The molecule has 3 N–H and O–H groups in total. The molecule has 0 aliphatic heterocycles. The Balaban J connectivity index is 1.44. The van der Waals surface area contributed by atoms with Gasteiger partial charge in [-0.05, 0) is 36.9 Å². The molecule has 1 aromatic carbocycles. The van der Waals surface area contributed by atoms with Gasteiger partial charge in [0.1, 0.15) is 5.82 Å². The molecule has 0 bridgehead atoms. The van der Waals surface area contributed by atoms with Crippen LogP contribution in [0.5, 0.6) is 0 Å². The summed E-state index contributed by atoms with van der Waals surface area (Å²) in [7, 11) is 0. The van der Waals surface area contributed by atoms with E-state index in [0.29, 0.717) is 5.82 Å². The molecule has 3 heterocycles. The molecule has 6 nitrogen and oxygen atoms in total. The first-order valence-corrected chi connectivity index (χ1v) is 8.65. The number of aromatic nitrogens is 5. The highest BCUT2D eigenvalue weighted by atomic mass is 15.1. The van der Waals surface area contributed by atoms with Gasteiger partial charge in [0.15, 0.2) is 5.82 Å². The standard InChI is InChI=1S/C20H18N6/c1-12-8-13-2-3-14(10-18(13)23-12)20-21-7-6-19(25-20)24-16-4-5-17-15(9-16)11-22-26-17/h2-3,5-11,16,23,26H,4H2,1H3,(H,21,24,25). The summed E-state index contributed by atoms with van der Waals surface area (Å²) in [5.41, 5.74) is 3.25. The Bertz CT molecular complexity index is 1220. The number of rotatable bonds is 3.